The third-order valence-electron chi connectivity index (χ3n) is 7.46. The average Bonchev–Trinajstić information content (AvgIpc) is 3.01. The van der Waals surface area contributed by atoms with Gasteiger partial charge in [-0.1, -0.05) is 30.3 Å². The highest BCUT2D eigenvalue weighted by molar-refractivity contribution is 5.90. The van der Waals surface area contributed by atoms with Crippen molar-refractivity contribution in [2.75, 3.05) is 20.8 Å². The third kappa shape index (κ3) is 5.14. The van der Waals surface area contributed by atoms with Crippen molar-refractivity contribution in [1.29, 1.82) is 0 Å². The molecular formula is C34H28O8. The van der Waals surface area contributed by atoms with Crippen LogP contribution in [0.3, 0.4) is 0 Å². The van der Waals surface area contributed by atoms with Crippen molar-refractivity contribution in [2.45, 2.75) is 18.8 Å². The summed E-state index contributed by atoms with van der Waals surface area (Å²) in [6.45, 7) is 0.444. The minimum atomic E-state index is -0.435. The van der Waals surface area contributed by atoms with Gasteiger partial charge in [0.15, 0.2) is 11.5 Å². The lowest BCUT2D eigenvalue weighted by Crippen LogP contribution is -2.22. The zero-order valence-corrected chi connectivity index (χ0v) is 23.1. The first-order valence-corrected chi connectivity index (χ1v) is 13.5. The molecule has 0 amide bonds. The molecule has 0 fully saturated rings. The molecule has 8 heteroatoms. The summed E-state index contributed by atoms with van der Waals surface area (Å²) in [5, 5.41) is 10.0. The zero-order valence-electron chi connectivity index (χ0n) is 23.1. The largest absolute Gasteiger partial charge is 0.508 e. The lowest BCUT2D eigenvalue weighted by atomic mass is 9.85. The highest BCUT2D eigenvalue weighted by Gasteiger charge is 2.32. The van der Waals surface area contributed by atoms with Crippen molar-refractivity contribution in [3.8, 4) is 39.9 Å². The average molecular weight is 565 g/mol. The van der Waals surface area contributed by atoms with Crippen LogP contribution < -0.4 is 24.4 Å². The van der Waals surface area contributed by atoms with Crippen molar-refractivity contribution in [3.05, 3.63) is 112 Å². The molecule has 0 saturated carbocycles. The number of methoxy groups -OCH3 is 2. The van der Waals surface area contributed by atoms with E-state index in [1.165, 1.54) is 18.4 Å². The molecule has 4 aromatic carbocycles. The molecule has 1 aliphatic heterocycles. The number of carbonyl (C=O) groups excluding carboxylic acids is 1. The standard InChI is InChI=1S/C34H28O8/c1-38-24-10-3-20(4-11-24)15-16-40-28-13-7-22(17-30(28)39-2)26-18-31(36)42-29-14-12-25-33(37)27(19-41-34(25)32(26)29)21-5-8-23(35)9-6-21/h3-14,17,19,26,35H,15-16,18H2,1-2H3. The smallest absolute Gasteiger partial charge is 0.312 e. The van der Waals surface area contributed by atoms with Crippen molar-refractivity contribution in [2.24, 2.45) is 0 Å². The highest BCUT2D eigenvalue weighted by atomic mass is 16.5. The Bertz CT molecular complexity index is 1820. The highest BCUT2D eigenvalue weighted by Crippen LogP contribution is 2.44. The Morgan fingerprint density at radius 1 is 0.881 bits per heavy atom. The van der Waals surface area contributed by atoms with Gasteiger partial charge in [-0.15, -0.1) is 0 Å². The van der Waals surface area contributed by atoms with Gasteiger partial charge in [-0.25, -0.2) is 0 Å². The van der Waals surface area contributed by atoms with Crippen LogP contribution in [0.4, 0.5) is 0 Å². The van der Waals surface area contributed by atoms with Crippen LogP contribution in [0.1, 0.15) is 29.0 Å². The van der Waals surface area contributed by atoms with Gasteiger partial charge in [-0.2, -0.15) is 0 Å². The molecule has 0 bridgehead atoms. The number of phenolic OH excluding ortho intramolecular Hbond substituents is 1. The van der Waals surface area contributed by atoms with E-state index in [4.69, 9.17) is 23.4 Å². The number of hydrogen-bond acceptors (Lipinski definition) is 8. The molecule has 42 heavy (non-hydrogen) atoms. The van der Waals surface area contributed by atoms with Crippen LogP contribution in [0.25, 0.3) is 22.1 Å². The summed E-state index contributed by atoms with van der Waals surface area (Å²) in [6.07, 6.45) is 2.18. The molecule has 2 heterocycles. The fourth-order valence-corrected chi connectivity index (χ4v) is 5.27. The Morgan fingerprint density at radius 3 is 2.40 bits per heavy atom. The van der Waals surface area contributed by atoms with E-state index in [0.717, 1.165) is 16.9 Å². The Hall–Kier alpha value is -5.24. The second kappa shape index (κ2) is 11.3. The molecule has 6 rings (SSSR count). The van der Waals surface area contributed by atoms with E-state index in [9.17, 15) is 14.7 Å². The molecular weight excluding hydrogens is 536 g/mol. The maximum atomic E-state index is 13.5. The molecule has 212 valence electrons. The number of esters is 1. The van der Waals surface area contributed by atoms with Crippen LogP contribution >= 0.6 is 0 Å². The molecule has 1 N–H and O–H groups in total. The Morgan fingerprint density at radius 2 is 1.67 bits per heavy atom. The molecule has 1 unspecified atom stereocenters. The van der Waals surface area contributed by atoms with Gasteiger partial charge in [0.1, 0.15) is 29.1 Å². The third-order valence-corrected chi connectivity index (χ3v) is 7.46. The van der Waals surface area contributed by atoms with E-state index in [1.54, 1.807) is 38.5 Å². The van der Waals surface area contributed by atoms with Crippen LogP contribution in [-0.4, -0.2) is 31.9 Å². The summed E-state index contributed by atoms with van der Waals surface area (Å²) in [7, 11) is 3.20. The van der Waals surface area contributed by atoms with Crippen molar-refractivity contribution < 1.29 is 33.3 Å². The Labute approximate surface area is 241 Å². The maximum Gasteiger partial charge on any atom is 0.312 e. The van der Waals surface area contributed by atoms with Gasteiger partial charge in [0, 0.05) is 17.9 Å². The van der Waals surface area contributed by atoms with Crippen molar-refractivity contribution in [3.63, 3.8) is 0 Å². The zero-order chi connectivity index (χ0) is 29.2. The van der Waals surface area contributed by atoms with Crippen LogP contribution in [0.2, 0.25) is 0 Å². The number of benzene rings is 4. The minimum absolute atomic E-state index is 0.0658. The molecule has 0 saturated heterocycles. The topological polar surface area (TPSA) is 104 Å². The number of hydrogen-bond donors (Lipinski definition) is 1. The Kier molecular flexibility index (Phi) is 7.27. The van der Waals surface area contributed by atoms with Crippen molar-refractivity contribution in [1.82, 2.24) is 0 Å². The van der Waals surface area contributed by atoms with Gasteiger partial charge in [0.25, 0.3) is 0 Å². The summed E-state index contributed by atoms with van der Waals surface area (Å²) in [6, 6.07) is 23.0. The Balaban J connectivity index is 1.32. The summed E-state index contributed by atoms with van der Waals surface area (Å²) < 4.78 is 28.5. The van der Waals surface area contributed by atoms with Crippen LogP contribution in [0.5, 0.6) is 28.7 Å². The molecule has 5 aromatic rings. The van der Waals surface area contributed by atoms with Crippen LogP contribution in [0, 0.1) is 0 Å². The molecule has 8 nitrogen and oxygen atoms in total. The van der Waals surface area contributed by atoms with E-state index in [-0.39, 0.29) is 23.6 Å². The minimum Gasteiger partial charge on any atom is -0.508 e. The molecule has 0 aliphatic carbocycles. The van der Waals surface area contributed by atoms with Gasteiger partial charge in [-0.3, -0.25) is 9.59 Å². The monoisotopic (exact) mass is 564 g/mol. The summed E-state index contributed by atoms with van der Waals surface area (Å²) in [5.41, 5.74) is 3.66. The first-order valence-electron chi connectivity index (χ1n) is 13.5. The quantitative estimate of drug-likeness (QED) is 0.174. The summed E-state index contributed by atoms with van der Waals surface area (Å²) >= 11 is 0. The lowest BCUT2D eigenvalue weighted by molar-refractivity contribution is -0.135. The van der Waals surface area contributed by atoms with E-state index in [2.05, 4.69) is 0 Å². The molecule has 0 radical (unpaired) electrons. The maximum absolute atomic E-state index is 13.5. The van der Waals surface area contributed by atoms with E-state index < -0.39 is 5.92 Å². The fourth-order valence-electron chi connectivity index (χ4n) is 5.27. The molecule has 0 spiro atoms. The van der Waals surface area contributed by atoms with Gasteiger partial charge >= 0.3 is 5.97 Å². The van der Waals surface area contributed by atoms with Gasteiger partial charge in [0.2, 0.25) is 5.43 Å². The van der Waals surface area contributed by atoms with Crippen LogP contribution in [-0.2, 0) is 11.2 Å². The number of rotatable bonds is 8. The van der Waals surface area contributed by atoms with Crippen molar-refractivity contribution >= 4 is 16.9 Å². The summed E-state index contributed by atoms with van der Waals surface area (Å²) in [4.78, 5) is 26.1. The molecule has 1 aliphatic rings. The summed E-state index contributed by atoms with van der Waals surface area (Å²) in [5.74, 6) is 1.55. The van der Waals surface area contributed by atoms with E-state index >= 15 is 0 Å². The second-order valence-corrected chi connectivity index (χ2v) is 9.97. The molecule has 1 atom stereocenters. The number of carbonyl (C=O) groups is 1. The lowest BCUT2D eigenvalue weighted by Gasteiger charge is -2.26. The SMILES string of the molecule is COc1ccc(CCOc2ccc(C3CC(=O)Oc4ccc5c(=O)c(-c6ccc(O)cc6)coc5c43)cc2OC)cc1. The number of phenols is 1. The first-order chi connectivity index (χ1) is 20.4. The predicted molar refractivity (Wildman–Crippen MR) is 157 cm³/mol. The molecule has 1 aromatic heterocycles. The number of fused-ring (bicyclic) bond motifs is 3. The van der Waals surface area contributed by atoms with Crippen LogP contribution in [0.15, 0.2) is 94.3 Å². The van der Waals surface area contributed by atoms with Gasteiger partial charge in [-0.05, 0) is 65.2 Å². The predicted octanol–water partition coefficient (Wildman–Crippen LogP) is 6.25. The van der Waals surface area contributed by atoms with Gasteiger partial charge in [0.05, 0.1) is 38.2 Å². The van der Waals surface area contributed by atoms with E-state index in [1.807, 2.05) is 42.5 Å². The second-order valence-electron chi connectivity index (χ2n) is 9.97. The number of aromatic hydroxyl groups is 1. The van der Waals surface area contributed by atoms with Gasteiger partial charge < -0.3 is 28.5 Å². The van der Waals surface area contributed by atoms with E-state index in [0.29, 0.717) is 57.9 Å². The first kappa shape index (κ1) is 27.0. The number of ether oxygens (including phenoxy) is 4. The normalized spacial score (nSPS) is 14.2. The fraction of sp³-hybridized carbons (Fsp3) is 0.176.